The maximum Gasteiger partial charge on any atom is 0.573 e. The Morgan fingerprint density at radius 1 is 0.947 bits per heavy atom. The van der Waals surface area contributed by atoms with Gasteiger partial charge in [-0.15, -0.1) is 13.2 Å². The van der Waals surface area contributed by atoms with Gasteiger partial charge < -0.3 is 15.4 Å². The molecule has 0 atom stereocenters. The van der Waals surface area contributed by atoms with Gasteiger partial charge in [0.25, 0.3) is 0 Å². The molecular weight excluding hydrogens is 519 g/mol. The average molecular weight is 552 g/mol. The van der Waals surface area contributed by atoms with Gasteiger partial charge in [-0.3, -0.25) is 0 Å². The summed E-state index contributed by atoms with van der Waals surface area (Å²) in [7, 11) is -4.16. The van der Waals surface area contributed by atoms with Crippen LogP contribution in [0.25, 0.3) is 10.9 Å². The van der Waals surface area contributed by atoms with Crippen LogP contribution in [0.15, 0.2) is 53.4 Å². The van der Waals surface area contributed by atoms with Crippen LogP contribution in [0.3, 0.4) is 0 Å². The number of rotatable bonds is 10. The van der Waals surface area contributed by atoms with Gasteiger partial charge >= 0.3 is 6.36 Å². The van der Waals surface area contributed by atoms with Crippen molar-refractivity contribution in [2.45, 2.75) is 56.8 Å². The Balaban J connectivity index is 1.30. The van der Waals surface area contributed by atoms with Gasteiger partial charge in [0.05, 0.1) is 5.52 Å². The van der Waals surface area contributed by atoms with Crippen LogP contribution in [0.5, 0.6) is 5.75 Å². The van der Waals surface area contributed by atoms with Crippen LogP contribution in [0.4, 0.5) is 24.9 Å². The number of fused-ring (bicyclic) bond motifs is 1. The van der Waals surface area contributed by atoms with E-state index in [2.05, 4.69) is 43.9 Å². The summed E-state index contributed by atoms with van der Waals surface area (Å²) in [5.74, 6) is 1.06. The van der Waals surface area contributed by atoms with Crippen molar-refractivity contribution in [1.29, 1.82) is 0 Å². The Labute approximate surface area is 220 Å². The molecule has 8 nitrogen and oxygen atoms in total. The summed E-state index contributed by atoms with van der Waals surface area (Å²) in [5, 5.41) is 7.69. The van der Waals surface area contributed by atoms with E-state index in [1.165, 1.54) is 12.1 Å². The average Bonchev–Trinajstić information content (AvgIpc) is 2.86. The van der Waals surface area contributed by atoms with Crippen molar-refractivity contribution in [2.75, 3.05) is 23.7 Å². The van der Waals surface area contributed by atoms with Crippen molar-refractivity contribution >= 4 is 32.7 Å². The molecule has 12 heteroatoms. The minimum absolute atomic E-state index is 0.0930. The van der Waals surface area contributed by atoms with Gasteiger partial charge in [-0.25, -0.2) is 18.1 Å². The fourth-order valence-corrected chi connectivity index (χ4v) is 5.84. The highest BCUT2D eigenvalue weighted by Gasteiger charge is 2.34. The molecule has 1 aliphatic carbocycles. The molecule has 38 heavy (non-hydrogen) atoms. The second-order valence-electron chi connectivity index (χ2n) is 9.83. The molecule has 0 saturated heterocycles. The summed E-state index contributed by atoms with van der Waals surface area (Å²) in [5.41, 5.74) is 0.853. The fourth-order valence-electron chi connectivity index (χ4n) is 4.60. The third-order valence-corrected chi connectivity index (χ3v) is 7.93. The van der Waals surface area contributed by atoms with Gasteiger partial charge in [-0.05, 0) is 75.6 Å². The van der Waals surface area contributed by atoms with Crippen LogP contribution in [-0.4, -0.2) is 43.9 Å². The van der Waals surface area contributed by atoms with Gasteiger partial charge in [0, 0.05) is 24.5 Å². The zero-order valence-corrected chi connectivity index (χ0v) is 22.1. The monoisotopic (exact) mass is 551 g/mol. The number of hydrogen-bond acceptors (Lipinski definition) is 7. The molecule has 0 bridgehead atoms. The number of halogens is 3. The first-order valence-corrected chi connectivity index (χ1v) is 14.1. The molecule has 0 spiro atoms. The molecule has 0 amide bonds. The van der Waals surface area contributed by atoms with E-state index in [1.807, 2.05) is 24.3 Å². The number of sulfonamides is 1. The molecule has 0 aliphatic heterocycles. The number of anilines is 2. The standard InChI is InChI=1S/C26H32F3N5O3S/c1-17(2)32-24-20-7-3-4-8-21(20)33-25(34-24)30-15-18-11-13-19(14-12-18)16-31-38(35,36)23-10-6-5-9-22(23)37-26(27,28)29/h3-10,17-19,31H,11-16H2,1-2H3,(H2,30,32,33,34)/t18-,19-. The zero-order chi connectivity index (χ0) is 27.3. The largest absolute Gasteiger partial charge is 0.573 e. The quantitative estimate of drug-likeness (QED) is 0.304. The molecule has 3 N–H and O–H groups in total. The van der Waals surface area contributed by atoms with Crippen LogP contribution >= 0.6 is 0 Å². The van der Waals surface area contributed by atoms with E-state index in [9.17, 15) is 21.6 Å². The van der Waals surface area contributed by atoms with Gasteiger partial charge in [-0.1, -0.05) is 24.3 Å². The predicted octanol–water partition coefficient (Wildman–Crippen LogP) is 5.55. The van der Waals surface area contributed by atoms with E-state index >= 15 is 0 Å². The molecule has 1 aliphatic rings. The molecule has 1 aromatic heterocycles. The van der Waals surface area contributed by atoms with Gasteiger partial charge in [0.15, 0.2) is 0 Å². The molecule has 2 aromatic carbocycles. The van der Waals surface area contributed by atoms with Gasteiger partial charge in [0.2, 0.25) is 16.0 Å². The van der Waals surface area contributed by atoms with Crippen molar-refractivity contribution in [3.63, 3.8) is 0 Å². The third-order valence-electron chi connectivity index (χ3n) is 6.47. The number of ether oxygens (including phenoxy) is 1. The molecular formula is C26H32F3N5O3S. The summed E-state index contributed by atoms with van der Waals surface area (Å²) < 4.78 is 69.8. The first kappa shape index (κ1) is 27.9. The minimum atomic E-state index is -4.98. The van der Waals surface area contributed by atoms with Gasteiger partial charge in [-0.2, -0.15) is 4.98 Å². The summed E-state index contributed by atoms with van der Waals surface area (Å²) >= 11 is 0. The van der Waals surface area contributed by atoms with E-state index in [-0.39, 0.29) is 18.5 Å². The lowest BCUT2D eigenvalue weighted by Crippen LogP contribution is -2.33. The second kappa shape index (κ2) is 11.7. The molecule has 4 rings (SSSR count). The smallest absolute Gasteiger partial charge is 0.404 e. The number of alkyl halides is 3. The summed E-state index contributed by atoms with van der Waals surface area (Å²) in [6.07, 6.45) is -1.61. The summed E-state index contributed by atoms with van der Waals surface area (Å²) in [6.45, 7) is 4.95. The fraction of sp³-hybridized carbons (Fsp3) is 0.462. The van der Waals surface area contributed by atoms with Crippen molar-refractivity contribution < 1.29 is 26.3 Å². The van der Waals surface area contributed by atoms with E-state index in [0.717, 1.165) is 54.5 Å². The van der Waals surface area contributed by atoms with Crippen LogP contribution < -0.4 is 20.1 Å². The van der Waals surface area contributed by atoms with Crippen LogP contribution in [0.2, 0.25) is 0 Å². The highest BCUT2D eigenvalue weighted by Crippen LogP contribution is 2.31. The molecule has 0 radical (unpaired) electrons. The number of benzene rings is 2. The van der Waals surface area contributed by atoms with E-state index in [4.69, 9.17) is 0 Å². The van der Waals surface area contributed by atoms with E-state index in [1.54, 1.807) is 0 Å². The highest BCUT2D eigenvalue weighted by molar-refractivity contribution is 7.89. The molecule has 3 aromatic rings. The lowest BCUT2D eigenvalue weighted by atomic mass is 9.82. The Hall–Kier alpha value is -3.12. The van der Waals surface area contributed by atoms with Crippen molar-refractivity contribution in [3.8, 4) is 5.75 Å². The molecule has 0 unspecified atom stereocenters. The molecule has 1 heterocycles. The Bertz CT molecular complexity index is 1340. The van der Waals surface area contributed by atoms with Crippen LogP contribution in [0, 0.1) is 11.8 Å². The topological polar surface area (TPSA) is 105 Å². The lowest BCUT2D eigenvalue weighted by Gasteiger charge is -2.29. The number of aromatic nitrogens is 2. The van der Waals surface area contributed by atoms with Crippen LogP contribution in [-0.2, 0) is 10.0 Å². The predicted molar refractivity (Wildman–Crippen MR) is 141 cm³/mol. The van der Waals surface area contributed by atoms with Gasteiger partial charge in [0.1, 0.15) is 16.5 Å². The highest BCUT2D eigenvalue weighted by atomic mass is 32.2. The van der Waals surface area contributed by atoms with Crippen LogP contribution in [0.1, 0.15) is 39.5 Å². The SMILES string of the molecule is CC(C)Nc1nc(NC[C@H]2CC[C@H](CNS(=O)(=O)c3ccccc3OC(F)(F)F)CC2)nc2ccccc12. The van der Waals surface area contributed by atoms with E-state index in [0.29, 0.717) is 18.4 Å². The maximum absolute atomic E-state index is 12.7. The molecule has 1 saturated carbocycles. The molecule has 1 fully saturated rings. The first-order valence-electron chi connectivity index (χ1n) is 12.6. The Morgan fingerprint density at radius 2 is 1.58 bits per heavy atom. The Kier molecular flexibility index (Phi) is 8.61. The minimum Gasteiger partial charge on any atom is -0.404 e. The number of nitrogens with one attached hydrogen (secondary N) is 3. The lowest BCUT2D eigenvalue weighted by molar-refractivity contribution is -0.275. The number of hydrogen-bond donors (Lipinski definition) is 3. The summed E-state index contributed by atoms with van der Waals surface area (Å²) in [4.78, 5) is 8.77. The zero-order valence-electron chi connectivity index (χ0n) is 21.3. The number of para-hydroxylation sites is 2. The summed E-state index contributed by atoms with van der Waals surface area (Å²) in [6, 6.07) is 12.8. The number of nitrogens with zero attached hydrogens (tertiary/aromatic N) is 2. The van der Waals surface area contributed by atoms with E-state index < -0.39 is 27.0 Å². The first-order chi connectivity index (χ1) is 18.0. The van der Waals surface area contributed by atoms with Crippen molar-refractivity contribution in [2.24, 2.45) is 11.8 Å². The Morgan fingerprint density at radius 3 is 2.26 bits per heavy atom. The maximum atomic E-state index is 12.7. The third kappa shape index (κ3) is 7.47. The normalized spacial score (nSPS) is 18.5. The second-order valence-corrected chi connectivity index (χ2v) is 11.6. The van der Waals surface area contributed by atoms with Crippen molar-refractivity contribution in [1.82, 2.24) is 14.7 Å². The molecule has 206 valence electrons. The van der Waals surface area contributed by atoms with Crippen molar-refractivity contribution in [3.05, 3.63) is 48.5 Å².